The average molecular weight is 590 g/mol. The lowest BCUT2D eigenvalue weighted by Gasteiger charge is -2.38. The number of hydrogen-bond donors (Lipinski definition) is 1. The molecule has 2 aromatic heterocycles. The molecule has 0 amide bonds. The minimum Gasteiger partial charge on any atom is -0.481 e. The van der Waals surface area contributed by atoms with Crippen LogP contribution in [0.4, 0.5) is 18.9 Å². The molecule has 0 spiro atoms. The van der Waals surface area contributed by atoms with Gasteiger partial charge in [-0.25, -0.2) is 4.98 Å². The lowest BCUT2D eigenvalue weighted by Crippen LogP contribution is -2.53. The van der Waals surface area contributed by atoms with Gasteiger partial charge in [-0.2, -0.15) is 21.6 Å². The Kier molecular flexibility index (Phi) is 8.50. The molecule has 0 aliphatic carbocycles. The maximum Gasteiger partial charge on any atom is 0.516 e. The highest BCUT2D eigenvalue weighted by atomic mass is 35.5. The van der Waals surface area contributed by atoms with Crippen LogP contribution in [0.5, 0.6) is 0 Å². The van der Waals surface area contributed by atoms with E-state index in [4.69, 9.17) is 11.6 Å². The fraction of sp³-hybridized carbons (Fsp3) is 0.400. The molecule has 3 rings (SSSR count). The summed E-state index contributed by atoms with van der Waals surface area (Å²) in [5.41, 5.74) is -5.33. The molecular formula is C25H27ClF3N3O4S2. The van der Waals surface area contributed by atoms with Crippen molar-refractivity contribution in [2.24, 2.45) is 11.3 Å². The number of anilines is 1. The number of carboxylic acids is 1. The zero-order valence-electron chi connectivity index (χ0n) is 21.2. The van der Waals surface area contributed by atoms with E-state index in [1.54, 1.807) is 11.6 Å². The van der Waals surface area contributed by atoms with Gasteiger partial charge in [0.15, 0.2) is 0 Å². The molecule has 1 aromatic carbocycles. The number of rotatable bonds is 9. The average Bonchev–Trinajstić information content (AvgIpc) is 3.28. The van der Waals surface area contributed by atoms with Crippen LogP contribution in [0, 0.1) is 11.3 Å². The third kappa shape index (κ3) is 5.97. The summed E-state index contributed by atoms with van der Waals surface area (Å²) in [5, 5.41) is 11.9. The summed E-state index contributed by atoms with van der Waals surface area (Å²) in [4.78, 5) is 20.7. The van der Waals surface area contributed by atoms with Gasteiger partial charge in [-0.1, -0.05) is 25.4 Å². The second-order valence-corrected chi connectivity index (χ2v) is 12.9. The van der Waals surface area contributed by atoms with Gasteiger partial charge < -0.3 is 5.11 Å². The Hall–Kier alpha value is -2.70. The molecule has 0 radical (unpaired) electrons. The SMILES string of the molecule is CC(C)Cc1cc(-c2nc(-c3ccc(N(C(C)C(C)(C)C(=O)O)S(=O)(=O)C(F)(F)F)cc3Cl)cs2)ccn1. The van der Waals surface area contributed by atoms with Gasteiger partial charge >= 0.3 is 21.5 Å². The number of pyridine rings is 1. The molecule has 0 fully saturated rings. The Balaban J connectivity index is 2.04. The number of nitrogens with zero attached hydrogens (tertiary/aromatic N) is 3. The number of halogens is 4. The molecule has 0 saturated carbocycles. The van der Waals surface area contributed by atoms with Crippen LogP contribution in [-0.4, -0.2) is 41.0 Å². The normalized spacial score (nSPS) is 13.5. The number of thiazole rings is 1. The molecule has 1 unspecified atom stereocenters. The lowest BCUT2D eigenvalue weighted by atomic mass is 9.85. The van der Waals surface area contributed by atoms with Crippen LogP contribution in [-0.2, 0) is 21.2 Å². The van der Waals surface area contributed by atoms with Crippen LogP contribution in [0.15, 0.2) is 41.9 Å². The fourth-order valence-corrected chi connectivity index (χ4v) is 6.06. The van der Waals surface area contributed by atoms with Crippen molar-refractivity contribution in [3.8, 4) is 21.8 Å². The van der Waals surface area contributed by atoms with Gasteiger partial charge in [-0.15, -0.1) is 11.3 Å². The van der Waals surface area contributed by atoms with E-state index in [-0.39, 0.29) is 9.33 Å². The molecule has 0 bridgehead atoms. The van der Waals surface area contributed by atoms with Crippen LogP contribution >= 0.6 is 22.9 Å². The van der Waals surface area contributed by atoms with E-state index in [2.05, 4.69) is 23.8 Å². The number of carbonyl (C=O) groups is 1. The predicted octanol–water partition coefficient (Wildman–Crippen LogP) is 6.88. The first-order valence-electron chi connectivity index (χ1n) is 11.5. The number of benzene rings is 1. The van der Waals surface area contributed by atoms with Gasteiger partial charge in [0.05, 0.1) is 27.9 Å². The first kappa shape index (κ1) is 29.9. The molecular weight excluding hydrogens is 563 g/mol. The predicted molar refractivity (Wildman–Crippen MR) is 143 cm³/mol. The second kappa shape index (κ2) is 10.8. The van der Waals surface area contributed by atoms with Crippen LogP contribution in [0.25, 0.3) is 21.8 Å². The summed E-state index contributed by atoms with van der Waals surface area (Å²) in [6.45, 7) is 7.58. The van der Waals surface area contributed by atoms with Crippen LogP contribution in [0.1, 0.15) is 40.3 Å². The number of sulfonamides is 1. The van der Waals surface area contributed by atoms with Gasteiger partial charge in [0, 0.05) is 28.4 Å². The van der Waals surface area contributed by atoms with Crippen LogP contribution in [0.2, 0.25) is 5.02 Å². The summed E-state index contributed by atoms with van der Waals surface area (Å²) in [6, 6.07) is 5.76. The van der Waals surface area contributed by atoms with Gasteiger partial charge in [0.1, 0.15) is 5.01 Å². The topological polar surface area (TPSA) is 100 Å². The van der Waals surface area contributed by atoms with E-state index in [9.17, 15) is 31.5 Å². The van der Waals surface area contributed by atoms with E-state index in [1.165, 1.54) is 17.4 Å². The first-order valence-corrected chi connectivity index (χ1v) is 14.2. The van der Waals surface area contributed by atoms with Gasteiger partial charge in [0.25, 0.3) is 0 Å². The zero-order chi connectivity index (χ0) is 28.6. The molecule has 2 heterocycles. The van der Waals surface area contributed by atoms with Gasteiger partial charge in [0.2, 0.25) is 0 Å². The van der Waals surface area contributed by atoms with E-state index >= 15 is 0 Å². The largest absolute Gasteiger partial charge is 0.516 e. The smallest absolute Gasteiger partial charge is 0.481 e. The Labute approximate surface area is 228 Å². The van der Waals surface area contributed by atoms with Crippen molar-refractivity contribution in [2.45, 2.75) is 52.6 Å². The Morgan fingerprint density at radius 2 is 1.82 bits per heavy atom. The first-order chi connectivity index (χ1) is 17.5. The maximum atomic E-state index is 13.6. The highest BCUT2D eigenvalue weighted by Crippen LogP contribution is 2.41. The lowest BCUT2D eigenvalue weighted by molar-refractivity contribution is -0.147. The van der Waals surface area contributed by atoms with Crippen LogP contribution < -0.4 is 4.31 Å². The third-order valence-corrected chi connectivity index (χ3v) is 9.00. The van der Waals surface area contributed by atoms with Gasteiger partial charge in [-0.3, -0.25) is 14.1 Å². The summed E-state index contributed by atoms with van der Waals surface area (Å²) in [5.74, 6) is -1.04. The van der Waals surface area contributed by atoms with E-state index in [0.29, 0.717) is 22.2 Å². The number of aliphatic carboxylic acids is 1. The summed E-state index contributed by atoms with van der Waals surface area (Å²) in [7, 11) is -5.95. The number of alkyl halides is 3. The molecule has 0 saturated heterocycles. The van der Waals surface area contributed by atoms with E-state index < -0.39 is 38.6 Å². The Bertz CT molecular complexity index is 1440. The van der Waals surface area contributed by atoms with Crippen molar-refractivity contribution >= 4 is 44.6 Å². The summed E-state index contributed by atoms with van der Waals surface area (Å²) in [6.07, 6.45) is 2.50. The summed E-state index contributed by atoms with van der Waals surface area (Å²) < 4.78 is 65.9. The molecule has 3 aromatic rings. The van der Waals surface area contributed by atoms with Crippen molar-refractivity contribution < 1.29 is 31.5 Å². The second-order valence-electron chi connectivity index (χ2n) is 9.79. The molecule has 1 atom stereocenters. The molecule has 206 valence electrons. The minimum atomic E-state index is -5.95. The van der Waals surface area contributed by atoms with Crippen molar-refractivity contribution in [1.29, 1.82) is 0 Å². The fourth-order valence-electron chi connectivity index (χ4n) is 3.67. The monoisotopic (exact) mass is 589 g/mol. The highest BCUT2D eigenvalue weighted by molar-refractivity contribution is 7.93. The zero-order valence-corrected chi connectivity index (χ0v) is 23.6. The quantitative estimate of drug-likeness (QED) is 0.292. The molecule has 38 heavy (non-hydrogen) atoms. The van der Waals surface area contributed by atoms with Crippen LogP contribution in [0.3, 0.4) is 0 Å². The summed E-state index contributed by atoms with van der Waals surface area (Å²) >= 11 is 7.77. The third-order valence-electron chi connectivity index (χ3n) is 6.17. The number of carboxylic acid groups (broad SMARTS) is 1. The van der Waals surface area contributed by atoms with E-state index in [0.717, 1.165) is 50.6 Å². The Morgan fingerprint density at radius 1 is 1.16 bits per heavy atom. The Morgan fingerprint density at radius 3 is 2.37 bits per heavy atom. The van der Waals surface area contributed by atoms with E-state index in [1.807, 2.05) is 12.1 Å². The molecule has 0 aliphatic rings. The van der Waals surface area contributed by atoms with Crippen molar-refractivity contribution in [2.75, 3.05) is 4.31 Å². The molecule has 13 heteroatoms. The molecule has 7 nitrogen and oxygen atoms in total. The highest BCUT2D eigenvalue weighted by Gasteiger charge is 2.54. The van der Waals surface area contributed by atoms with Crippen molar-refractivity contribution in [3.05, 3.63) is 52.6 Å². The molecule has 1 N–H and O–H groups in total. The maximum absolute atomic E-state index is 13.6. The van der Waals surface area contributed by atoms with Gasteiger partial charge in [-0.05, 0) is 63.4 Å². The van der Waals surface area contributed by atoms with Crippen molar-refractivity contribution in [3.63, 3.8) is 0 Å². The number of hydrogen-bond acceptors (Lipinski definition) is 6. The minimum absolute atomic E-state index is 0.0442. The molecule has 0 aliphatic heterocycles. The number of aromatic nitrogens is 2. The van der Waals surface area contributed by atoms with Crippen molar-refractivity contribution in [1.82, 2.24) is 9.97 Å². The standard InChI is InChI=1S/C25H27ClF3N3O4S2/c1-14(2)10-17-11-16(8-9-30-17)22-31-21(13-37-22)19-7-6-18(12-20(19)26)32(38(35,36)25(27,28)29)15(3)24(4,5)23(33)34/h6-9,11-15H,10H2,1-5H3,(H,33,34).